The molecule has 3 atom stereocenters. The van der Waals surface area contributed by atoms with E-state index in [9.17, 15) is 8.78 Å². The summed E-state index contributed by atoms with van der Waals surface area (Å²) in [5.41, 5.74) is 12.1. The second-order valence-electron chi connectivity index (χ2n) is 3.80. The van der Waals surface area contributed by atoms with Gasteiger partial charge in [0.15, 0.2) is 0 Å². The van der Waals surface area contributed by atoms with Crippen molar-refractivity contribution < 1.29 is 8.78 Å². The van der Waals surface area contributed by atoms with Crippen LogP contribution in [0.15, 0.2) is 18.2 Å². The summed E-state index contributed by atoms with van der Waals surface area (Å²) < 4.78 is 26.1. The fourth-order valence-corrected chi connectivity index (χ4v) is 1.74. The molecule has 3 unspecified atom stereocenters. The van der Waals surface area contributed by atoms with Gasteiger partial charge in [-0.15, -0.1) is 0 Å². The number of nitrogens with two attached hydrogens (primary N) is 1. The first-order chi connectivity index (χ1) is 7.09. The van der Waals surface area contributed by atoms with Crippen molar-refractivity contribution in [2.24, 2.45) is 5.73 Å². The van der Waals surface area contributed by atoms with Crippen LogP contribution in [0.5, 0.6) is 0 Å². The summed E-state index contributed by atoms with van der Waals surface area (Å²) in [6.45, 7) is 1.90. The highest BCUT2D eigenvalue weighted by Crippen LogP contribution is 2.24. The fraction of sp³-hybridized carbons (Fsp3) is 0.400. The molecule has 0 saturated carbocycles. The van der Waals surface area contributed by atoms with Gasteiger partial charge in [0.05, 0.1) is 6.04 Å². The third-order valence-electron chi connectivity index (χ3n) is 2.73. The largest absolute Gasteiger partial charge is 0.325 e. The zero-order chi connectivity index (χ0) is 11.0. The highest BCUT2D eigenvalue weighted by atomic mass is 19.1. The Balaban J connectivity index is 2.30. The van der Waals surface area contributed by atoms with Gasteiger partial charge in [-0.2, -0.15) is 0 Å². The van der Waals surface area contributed by atoms with Crippen molar-refractivity contribution in [3.63, 3.8) is 0 Å². The zero-order valence-electron chi connectivity index (χ0n) is 8.30. The molecule has 1 aromatic carbocycles. The number of hydrogen-bond donors (Lipinski definition) is 3. The van der Waals surface area contributed by atoms with Crippen LogP contribution in [0.1, 0.15) is 18.5 Å². The molecule has 1 saturated heterocycles. The summed E-state index contributed by atoms with van der Waals surface area (Å²) in [6.07, 6.45) is 0. The third-order valence-corrected chi connectivity index (χ3v) is 2.73. The lowest BCUT2D eigenvalue weighted by Crippen LogP contribution is -2.35. The van der Waals surface area contributed by atoms with Crippen LogP contribution in [0, 0.1) is 11.6 Å². The Morgan fingerprint density at radius 3 is 2.53 bits per heavy atom. The number of halogens is 2. The van der Waals surface area contributed by atoms with Crippen LogP contribution in [-0.2, 0) is 0 Å². The SMILES string of the molecule is CC1NNC(c2ccc(F)cc2F)C1N. The van der Waals surface area contributed by atoms with Crippen LogP contribution in [0.25, 0.3) is 0 Å². The molecule has 1 aliphatic heterocycles. The van der Waals surface area contributed by atoms with E-state index in [4.69, 9.17) is 5.73 Å². The molecule has 0 bridgehead atoms. The molecular formula is C10H13F2N3. The number of nitrogens with one attached hydrogen (secondary N) is 2. The summed E-state index contributed by atoms with van der Waals surface area (Å²) in [4.78, 5) is 0. The number of hydrazine groups is 1. The van der Waals surface area contributed by atoms with Crippen molar-refractivity contribution in [1.29, 1.82) is 0 Å². The van der Waals surface area contributed by atoms with Crippen molar-refractivity contribution in [3.8, 4) is 0 Å². The molecule has 82 valence electrons. The van der Waals surface area contributed by atoms with Gasteiger partial charge in [-0.25, -0.2) is 14.2 Å². The van der Waals surface area contributed by atoms with Gasteiger partial charge in [0.1, 0.15) is 11.6 Å². The van der Waals surface area contributed by atoms with Gasteiger partial charge in [-0.1, -0.05) is 6.07 Å². The van der Waals surface area contributed by atoms with Gasteiger partial charge in [-0.05, 0) is 13.0 Å². The summed E-state index contributed by atoms with van der Waals surface area (Å²) in [5.74, 6) is -1.15. The zero-order valence-corrected chi connectivity index (χ0v) is 8.30. The van der Waals surface area contributed by atoms with Crippen molar-refractivity contribution in [3.05, 3.63) is 35.4 Å². The first-order valence-corrected chi connectivity index (χ1v) is 4.81. The van der Waals surface area contributed by atoms with Gasteiger partial charge >= 0.3 is 0 Å². The van der Waals surface area contributed by atoms with Crippen LogP contribution in [0.3, 0.4) is 0 Å². The number of hydrogen-bond acceptors (Lipinski definition) is 3. The van der Waals surface area contributed by atoms with E-state index in [0.29, 0.717) is 5.56 Å². The van der Waals surface area contributed by atoms with Crippen molar-refractivity contribution in [2.45, 2.75) is 25.0 Å². The Kier molecular flexibility index (Phi) is 2.68. The lowest BCUT2D eigenvalue weighted by Gasteiger charge is -2.17. The second kappa shape index (κ2) is 3.84. The molecule has 4 N–H and O–H groups in total. The van der Waals surface area contributed by atoms with E-state index < -0.39 is 11.6 Å². The average Bonchev–Trinajstić information content (AvgIpc) is 2.49. The second-order valence-corrected chi connectivity index (χ2v) is 3.80. The van der Waals surface area contributed by atoms with E-state index in [-0.39, 0.29) is 18.1 Å². The van der Waals surface area contributed by atoms with Crippen molar-refractivity contribution in [2.75, 3.05) is 0 Å². The minimum Gasteiger partial charge on any atom is -0.325 e. The van der Waals surface area contributed by atoms with Gasteiger partial charge in [0, 0.05) is 23.7 Å². The molecule has 2 rings (SSSR count). The highest BCUT2D eigenvalue weighted by Gasteiger charge is 2.32. The molecule has 0 spiro atoms. The van der Waals surface area contributed by atoms with Crippen LogP contribution < -0.4 is 16.6 Å². The van der Waals surface area contributed by atoms with Crippen LogP contribution in [0.4, 0.5) is 8.78 Å². The molecule has 5 heteroatoms. The van der Waals surface area contributed by atoms with E-state index in [1.165, 1.54) is 12.1 Å². The summed E-state index contributed by atoms with van der Waals surface area (Å²) in [6, 6.07) is 3.02. The molecule has 1 aliphatic rings. The van der Waals surface area contributed by atoms with E-state index in [1.807, 2.05) is 6.92 Å². The van der Waals surface area contributed by atoms with Gasteiger partial charge < -0.3 is 5.73 Å². The minimum absolute atomic E-state index is 0.0550. The van der Waals surface area contributed by atoms with Gasteiger partial charge in [-0.3, -0.25) is 5.43 Å². The summed E-state index contributed by atoms with van der Waals surface area (Å²) in [7, 11) is 0. The van der Waals surface area contributed by atoms with E-state index in [1.54, 1.807) is 0 Å². The molecule has 1 aromatic rings. The smallest absolute Gasteiger partial charge is 0.131 e. The quantitative estimate of drug-likeness (QED) is 0.647. The first-order valence-electron chi connectivity index (χ1n) is 4.81. The Bertz CT molecular complexity index is 370. The lowest BCUT2D eigenvalue weighted by atomic mass is 9.97. The van der Waals surface area contributed by atoms with Crippen molar-refractivity contribution >= 4 is 0 Å². The molecule has 0 amide bonds. The molecular weight excluding hydrogens is 200 g/mol. The first kappa shape index (κ1) is 10.5. The van der Waals surface area contributed by atoms with Crippen molar-refractivity contribution in [1.82, 2.24) is 10.9 Å². The van der Waals surface area contributed by atoms with Crippen LogP contribution in [-0.4, -0.2) is 12.1 Å². The number of benzene rings is 1. The Morgan fingerprint density at radius 2 is 2.00 bits per heavy atom. The number of rotatable bonds is 1. The molecule has 1 heterocycles. The standard InChI is InChI=1S/C10H13F2N3/c1-5-9(13)10(15-14-5)7-3-2-6(11)4-8(7)12/h2-5,9-10,14-15H,13H2,1H3. The van der Waals surface area contributed by atoms with Crippen LogP contribution in [0.2, 0.25) is 0 Å². The van der Waals surface area contributed by atoms with E-state index in [2.05, 4.69) is 10.9 Å². The fourth-order valence-electron chi connectivity index (χ4n) is 1.74. The predicted molar refractivity (Wildman–Crippen MR) is 52.8 cm³/mol. The van der Waals surface area contributed by atoms with E-state index in [0.717, 1.165) is 6.07 Å². The Morgan fingerprint density at radius 1 is 1.27 bits per heavy atom. The molecule has 0 aromatic heterocycles. The molecule has 1 fully saturated rings. The van der Waals surface area contributed by atoms with Gasteiger partial charge in [0.2, 0.25) is 0 Å². The Labute approximate surface area is 86.6 Å². The minimum atomic E-state index is -0.580. The normalized spacial score (nSPS) is 30.8. The molecule has 3 nitrogen and oxygen atoms in total. The van der Waals surface area contributed by atoms with Crippen LogP contribution >= 0.6 is 0 Å². The Hall–Kier alpha value is -1.04. The summed E-state index contributed by atoms with van der Waals surface area (Å²) in [5, 5.41) is 0. The third kappa shape index (κ3) is 1.86. The molecule has 15 heavy (non-hydrogen) atoms. The maximum absolute atomic E-state index is 13.4. The maximum Gasteiger partial charge on any atom is 0.131 e. The summed E-state index contributed by atoms with van der Waals surface area (Å²) >= 11 is 0. The van der Waals surface area contributed by atoms with Gasteiger partial charge in [0.25, 0.3) is 0 Å². The highest BCUT2D eigenvalue weighted by molar-refractivity contribution is 5.25. The topological polar surface area (TPSA) is 50.1 Å². The monoisotopic (exact) mass is 213 g/mol. The molecule has 0 aliphatic carbocycles. The average molecular weight is 213 g/mol. The molecule has 0 radical (unpaired) electrons. The predicted octanol–water partition coefficient (Wildman–Crippen LogP) is 0.830. The lowest BCUT2D eigenvalue weighted by molar-refractivity contribution is 0.501. The maximum atomic E-state index is 13.4. The van der Waals surface area contributed by atoms with E-state index >= 15 is 0 Å².